The van der Waals surface area contributed by atoms with Crippen LogP contribution in [0.1, 0.15) is 21.5 Å². The number of pyridine rings is 1. The van der Waals surface area contributed by atoms with E-state index in [-0.39, 0.29) is 12.5 Å². The maximum absolute atomic E-state index is 12.3. The summed E-state index contributed by atoms with van der Waals surface area (Å²) in [7, 11) is 0. The first-order valence-electron chi connectivity index (χ1n) is 9.31. The van der Waals surface area contributed by atoms with Crippen molar-refractivity contribution < 1.29 is 9.90 Å². The molecule has 1 atom stereocenters. The first-order valence-corrected chi connectivity index (χ1v) is 9.31. The van der Waals surface area contributed by atoms with Crippen molar-refractivity contribution in [2.75, 3.05) is 38.0 Å². The van der Waals surface area contributed by atoms with Gasteiger partial charge in [-0.2, -0.15) is 0 Å². The Morgan fingerprint density at radius 2 is 2.11 bits per heavy atom. The minimum absolute atomic E-state index is 0.213. The van der Waals surface area contributed by atoms with Crippen LogP contribution in [0.3, 0.4) is 0 Å². The molecule has 0 radical (unpaired) electrons. The molecule has 1 aliphatic rings. The van der Waals surface area contributed by atoms with Gasteiger partial charge in [0.15, 0.2) is 0 Å². The number of amides is 1. The number of rotatable bonds is 8. The van der Waals surface area contributed by atoms with E-state index < -0.39 is 6.10 Å². The smallest absolute Gasteiger partial charge is 0.251 e. The van der Waals surface area contributed by atoms with Crippen LogP contribution in [0.2, 0.25) is 0 Å². The molecule has 1 aliphatic heterocycles. The van der Waals surface area contributed by atoms with Gasteiger partial charge in [-0.1, -0.05) is 24.3 Å². The summed E-state index contributed by atoms with van der Waals surface area (Å²) in [5, 5.41) is 16.2. The molecule has 0 bridgehead atoms. The number of hydrogen-bond acceptors (Lipinski definition) is 6. The highest BCUT2D eigenvalue weighted by molar-refractivity contribution is 5.94. The molecule has 0 aliphatic carbocycles. The molecule has 2 heterocycles. The second kappa shape index (κ2) is 9.45. The minimum atomic E-state index is -0.615. The van der Waals surface area contributed by atoms with Gasteiger partial charge in [0.1, 0.15) is 5.82 Å². The number of aromatic nitrogens is 1. The Bertz CT molecular complexity index is 768. The van der Waals surface area contributed by atoms with E-state index in [0.29, 0.717) is 31.0 Å². The van der Waals surface area contributed by atoms with Gasteiger partial charge in [0, 0.05) is 51.0 Å². The number of carbonyl (C=O) groups excluding carboxylic acids is 1. The van der Waals surface area contributed by atoms with Gasteiger partial charge < -0.3 is 21.5 Å². The average molecular weight is 369 g/mol. The highest BCUT2D eigenvalue weighted by Crippen LogP contribution is 2.18. The molecule has 5 N–H and O–H groups in total. The van der Waals surface area contributed by atoms with Gasteiger partial charge in [-0.3, -0.25) is 9.69 Å². The fourth-order valence-corrected chi connectivity index (χ4v) is 3.25. The van der Waals surface area contributed by atoms with Crippen LogP contribution in [0.15, 0.2) is 42.6 Å². The lowest BCUT2D eigenvalue weighted by atomic mass is 10.00. The average Bonchev–Trinajstić information content (AvgIpc) is 2.70. The van der Waals surface area contributed by atoms with Crippen LogP contribution in [0.25, 0.3) is 0 Å². The minimum Gasteiger partial charge on any atom is -0.390 e. The predicted molar refractivity (Wildman–Crippen MR) is 106 cm³/mol. The van der Waals surface area contributed by atoms with Gasteiger partial charge in [-0.25, -0.2) is 4.98 Å². The number of aliphatic hydroxyl groups excluding tert-OH is 1. The van der Waals surface area contributed by atoms with E-state index in [9.17, 15) is 9.90 Å². The number of carbonyl (C=O) groups is 1. The molecular formula is C20H27N5O2. The summed E-state index contributed by atoms with van der Waals surface area (Å²) in [6.07, 6.45) is 1.95. The number of nitrogens with two attached hydrogens (primary N) is 1. The van der Waals surface area contributed by atoms with Gasteiger partial charge in [0.2, 0.25) is 0 Å². The lowest BCUT2D eigenvalue weighted by Crippen LogP contribution is -2.42. The van der Waals surface area contributed by atoms with E-state index in [2.05, 4.69) is 38.7 Å². The molecule has 0 saturated heterocycles. The van der Waals surface area contributed by atoms with Crippen molar-refractivity contribution in [2.24, 2.45) is 5.73 Å². The Morgan fingerprint density at radius 1 is 1.30 bits per heavy atom. The summed E-state index contributed by atoms with van der Waals surface area (Å²) in [6, 6.07) is 11.7. The van der Waals surface area contributed by atoms with Crippen LogP contribution in [0.4, 0.5) is 5.82 Å². The molecule has 2 aromatic rings. The molecule has 0 spiro atoms. The summed E-state index contributed by atoms with van der Waals surface area (Å²) >= 11 is 0. The summed E-state index contributed by atoms with van der Waals surface area (Å²) in [5.74, 6) is 0.386. The summed E-state index contributed by atoms with van der Waals surface area (Å²) in [6.45, 7) is 3.59. The summed E-state index contributed by atoms with van der Waals surface area (Å²) in [4.78, 5) is 18.7. The standard InChI is InChI=1S/C20H27N5O2/c21-7-9-23-19-11-16(5-8-22-19)20(27)24-12-18(26)14-25-10-6-15-3-1-2-4-17(15)13-25/h1-5,8,11,18,26H,6-7,9-10,12-14,21H2,(H,22,23)(H,24,27)/t18-/m0/s1. The Hall–Kier alpha value is -2.48. The van der Waals surface area contributed by atoms with Crippen molar-refractivity contribution in [1.82, 2.24) is 15.2 Å². The quantitative estimate of drug-likeness (QED) is 0.543. The molecule has 1 aromatic heterocycles. The number of β-amino-alcohol motifs (C(OH)–C–C–N with tert-alkyl or cyclic N) is 1. The van der Waals surface area contributed by atoms with Crippen molar-refractivity contribution in [1.29, 1.82) is 0 Å². The molecule has 27 heavy (non-hydrogen) atoms. The van der Waals surface area contributed by atoms with E-state index in [1.807, 2.05) is 6.07 Å². The maximum atomic E-state index is 12.3. The van der Waals surface area contributed by atoms with E-state index in [1.54, 1.807) is 18.3 Å². The zero-order valence-electron chi connectivity index (χ0n) is 15.4. The normalized spacial score (nSPS) is 15.0. The highest BCUT2D eigenvalue weighted by atomic mass is 16.3. The number of hydrogen-bond donors (Lipinski definition) is 4. The van der Waals surface area contributed by atoms with Crippen LogP contribution < -0.4 is 16.4 Å². The molecule has 7 nitrogen and oxygen atoms in total. The zero-order chi connectivity index (χ0) is 19.1. The van der Waals surface area contributed by atoms with Crippen molar-refractivity contribution in [3.8, 4) is 0 Å². The monoisotopic (exact) mass is 369 g/mol. The number of fused-ring (bicyclic) bond motifs is 1. The molecule has 1 amide bonds. The van der Waals surface area contributed by atoms with Crippen LogP contribution in [-0.2, 0) is 13.0 Å². The third kappa shape index (κ3) is 5.50. The number of nitrogens with one attached hydrogen (secondary N) is 2. The second-order valence-corrected chi connectivity index (χ2v) is 6.76. The van der Waals surface area contributed by atoms with Gasteiger partial charge in [0.25, 0.3) is 5.91 Å². The fourth-order valence-electron chi connectivity index (χ4n) is 3.25. The predicted octanol–water partition coefficient (Wildman–Crippen LogP) is 0.601. The largest absolute Gasteiger partial charge is 0.390 e. The Balaban J connectivity index is 1.46. The summed E-state index contributed by atoms with van der Waals surface area (Å²) < 4.78 is 0. The second-order valence-electron chi connectivity index (χ2n) is 6.76. The van der Waals surface area contributed by atoms with E-state index in [1.165, 1.54) is 11.1 Å². The van der Waals surface area contributed by atoms with Crippen molar-refractivity contribution in [3.63, 3.8) is 0 Å². The lowest BCUT2D eigenvalue weighted by molar-refractivity contribution is 0.0842. The first kappa shape index (κ1) is 19.3. The number of aliphatic hydroxyl groups is 1. The Morgan fingerprint density at radius 3 is 2.93 bits per heavy atom. The molecule has 1 aromatic carbocycles. The van der Waals surface area contributed by atoms with Crippen molar-refractivity contribution in [3.05, 3.63) is 59.3 Å². The lowest BCUT2D eigenvalue weighted by Gasteiger charge is -2.30. The fraction of sp³-hybridized carbons (Fsp3) is 0.400. The Labute approximate surface area is 159 Å². The zero-order valence-corrected chi connectivity index (χ0v) is 15.4. The number of benzene rings is 1. The molecule has 0 saturated carbocycles. The van der Waals surface area contributed by atoms with E-state index >= 15 is 0 Å². The number of nitrogens with zero attached hydrogens (tertiary/aromatic N) is 2. The Kier molecular flexibility index (Phi) is 6.75. The van der Waals surface area contributed by atoms with Gasteiger partial charge in [-0.05, 0) is 29.7 Å². The van der Waals surface area contributed by atoms with Crippen LogP contribution in [0.5, 0.6) is 0 Å². The first-order chi connectivity index (χ1) is 13.2. The number of anilines is 1. The van der Waals surface area contributed by atoms with E-state index in [4.69, 9.17) is 5.73 Å². The molecule has 0 unspecified atom stereocenters. The molecule has 3 rings (SSSR count). The van der Waals surface area contributed by atoms with Crippen LogP contribution in [0, 0.1) is 0 Å². The SMILES string of the molecule is NCCNc1cc(C(=O)NC[C@H](O)CN2CCc3ccccc3C2)ccn1. The topological polar surface area (TPSA) is 104 Å². The van der Waals surface area contributed by atoms with Crippen molar-refractivity contribution >= 4 is 11.7 Å². The maximum Gasteiger partial charge on any atom is 0.251 e. The van der Waals surface area contributed by atoms with Gasteiger partial charge in [0.05, 0.1) is 6.10 Å². The third-order valence-corrected chi connectivity index (χ3v) is 4.65. The molecule has 7 heteroatoms. The van der Waals surface area contributed by atoms with Gasteiger partial charge in [-0.15, -0.1) is 0 Å². The van der Waals surface area contributed by atoms with Crippen LogP contribution in [-0.4, -0.2) is 59.7 Å². The summed E-state index contributed by atoms with van der Waals surface area (Å²) in [5.41, 5.74) is 8.66. The van der Waals surface area contributed by atoms with Crippen molar-refractivity contribution in [2.45, 2.75) is 19.1 Å². The third-order valence-electron chi connectivity index (χ3n) is 4.65. The van der Waals surface area contributed by atoms with Gasteiger partial charge >= 0.3 is 0 Å². The molecular weight excluding hydrogens is 342 g/mol. The van der Waals surface area contributed by atoms with Crippen LogP contribution >= 0.6 is 0 Å². The molecule has 0 fully saturated rings. The van der Waals surface area contributed by atoms with E-state index in [0.717, 1.165) is 19.5 Å². The highest BCUT2D eigenvalue weighted by Gasteiger charge is 2.19. The molecule has 144 valence electrons.